The van der Waals surface area contributed by atoms with Gasteiger partial charge in [-0.2, -0.15) is 0 Å². The molecule has 1 saturated heterocycles. The van der Waals surface area contributed by atoms with Gasteiger partial charge in [0.05, 0.1) is 41.0 Å². The van der Waals surface area contributed by atoms with Gasteiger partial charge in [0.1, 0.15) is 23.3 Å². The van der Waals surface area contributed by atoms with Gasteiger partial charge in [-0.05, 0) is 64.1 Å². The average molecular weight is 561 g/mol. The molecule has 0 aliphatic carbocycles. The normalized spacial score (nSPS) is 16.1. The summed E-state index contributed by atoms with van der Waals surface area (Å²) in [5.41, 5.74) is 2.96. The molecule has 0 saturated carbocycles. The molecule has 5 aromatic rings. The smallest absolute Gasteiger partial charge is 0.268 e. The molecule has 0 spiro atoms. The molecular formula is C29H29FN6O3S. The first kappa shape index (κ1) is 26.1. The van der Waals surface area contributed by atoms with E-state index in [1.54, 1.807) is 30.3 Å². The van der Waals surface area contributed by atoms with Gasteiger partial charge in [-0.15, -0.1) is 10.2 Å². The molecule has 1 aliphatic heterocycles. The quantitative estimate of drug-likeness (QED) is 0.304. The molecule has 0 N–H and O–H groups in total. The number of ether oxygens (including phenoxy) is 1. The zero-order chi connectivity index (χ0) is 28.2. The Bertz CT molecular complexity index is 1830. The number of aromatic nitrogens is 5. The van der Waals surface area contributed by atoms with E-state index in [0.29, 0.717) is 53.9 Å². The maximum absolute atomic E-state index is 15.2. The number of benzene rings is 2. The zero-order valence-corrected chi connectivity index (χ0v) is 23.5. The Kier molecular flexibility index (Phi) is 6.42. The van der Waals surface area contributed by atoms with Gasteiger partial charge in [0.15, 0.2) is 0 Å². The fourth-order valence-electron chi connectivity index (χ4n) is 5.25. The SMILES string of the molecule is Cc1ccc(S(=O)(=O)n2ccc3c(-c4cc(-n5c(C)nnc5C)cc(N5CCOC[C@H]5C)n4)cc(F)cc32)cc1. The first-order valence-corrected chi connectivity index (χ1v) is 14.5. The van der Waals surface area contributed by atoms with Gasteiger partial charge in [0.2, 0.25) is 0 Å². The highest BCUT2D eigenvalue weighted by Gasteiger charge is 2.25. The lowest BCUT2D eigenvalue weighted by atomic mass is 10.1. The van der Waals surface area contributed by atoms with Crippen LogP contribution in [-0.2, 0) is 14.8 Å². The van der Waals surface area contributed by atoms with Crippen LogP contribution in [0.25, 0.3) is 27.8 Å². The molecule has 9 nitrogen and oxygen atoms in total. The third kappa shape index (κ3) is 4.44. The number of fused-ring (bicyclic) bond motifs is 1. The molecule has 0 amide bonds. The number of anilines is 1. The summed E-state index contributed by atoms with van der Waals surface area (Å²) < 4.78 is 51.0. The van der Waals surface area contributed by atoms with Crippen LogP contribution >= 0.6 is 0 Å². The minimum absolute atomic E-state index is 0.0840. The van der Waals surface area contributed by atoms with Crippen molar-refractivity contribution in [3.8, 4) is 16.9 Å². The van der Waals surface area contributed by atoms with Gasteiger partial charge in [-0.1, -0.05) is 17.7 Å². The molecule has 0 bridgehead atoms. The first-order valence-electron chi connectivity index (χ1n) is 13.0. The van der Waals surface area contributed by atoms with Gasteiger partial charge in [0.25, 0.3) is 10.0 Å². The van der Waals surface area contributed by atoms with Gasteiger partial charge in [0, 0.05) is 29.8 Å². The summed E-state index contributed by atoms with van der Waals surface area (Å²) in [6.45, 7) is 9.48. The van der Waals surface area contributed by atoms with Gasteiger partial charge < -0.3 is 9.64 Å². The van der Waals surface area contributed by atoms with Crippen molar-refractivity contribution in [3.63, 3.8) is 0 Å². The summed E-state index contributed by atoms with van der Waals surface area (Å²) in [6.07, 6.45) is 1.46. The second kappa shape index (κ2) is 9.83. The Labute approximate surface area is 231 Å². The van der Waals surface area contributed by atoms with Crippen molar-refractivity contribution in [1.82, 2.24) is 23.7 Å². The molecule has 6 rings (SSSR count). The van der Waals surface area contributed by atoms with E-state index in [1.807, 2.05) is 37.5 Å². The molecule has 4 heterocycles. The Hall–Kier alpha value is -4.09. The average Bonchev–Trinajstić information content (AvgIpc) is 3.51. The summed E-state index contributed by atoms with van der Waals surface area (Å²) in [5, 5.41) is 8.99. The van der Waals surface area contributed by atoms with Crippen LogP contribution in [0, 0.1) is 26.6 Å². The van der Waals surface area contributed by atoms with Crippen molar-refractivity contribution in [2.75, 3.05) is 24.7 Å². The highest BCUT2D eigenvalue weighted by atomic mass is 32.2. The lowest BCUT2D eigenvalue weighted by Gasteiger charge is -2.34. The first-order chi connectivity index (χ1) is 19.1. The summed E-state index contributed by atoms with van der Waals surface area (Å²) in [6, 6.07) is 14.8. The summed E-state index contributed by atoms with van der Waals surface area (Å²) >= 11 is 0. The van der Waals surface area contributed by atoms with E-state index in [2.05, 4.69) is 22.0 Å². The summed E-state index contributed by atoms with van der Waals surface area (Å²) in [7, 11) is -3.96. The molecule has 1 atom stereocenters. The number of hydrogen-bond donors (Lipinski definition) is 0. The molecule has 40 heavy (non-hydrogen) atoms. The van der Waals surface area contributed by atoms with Crippen molar-refractivity contribution in [3.05, 3.63) is 83.8 Å². The maximum atomic E-state index is 15.2. The van der Waals surface area contributed by atoms with Crippen molar-refractivity contribution < 1.29 is 17.5 Å². The van der Waals surface area contributed by atoms with E-state index in [9.17, 15) is 8.42 Å². The van der Waals surface area contributed by atoms with Crippen LogP contribution in [-0.4, -0.2) is 57.9 Å². The van der Waals surface area contributed by atoms with Crippen LogP contribution in [0.2, 0.25) is 0 Å². The predicted molar refractivity (Wildman–Crippen MR) is 151 cm³/mol. The van der Waals surface area contributed by atoms with Crippen molar-refractivity contribution in [2.24, 2.45) is 0 Å². The molecule has 1 fully saturated rings. The van der Waals surface area contributed by atoms with Gasteiger partial charge in [-0.25, -0.2) is 21.8 Å². The standard InChI is InChI=1S/C29H29FN6O3S/c1-18-5-7-24(8-6-18)40(37,38)35-10-9-25-26(13-22(30)14-28(25)35)27-15-23(36-20(3)32-33-21(36)4)16-29(31-27)34-11-12-39-17-19(34)2/h5-10,13-16,19H,11-12,17H2,1-4H3/t19-/m1/s1. The van der Waals surface area contributed by atoms with E-state index >= 15 is 4.39 Å². The Morgan fingerprint density at radius 1 is 0.975 bits per heavy atom. The van der Waals surface area contributed by atoms with Crippen LogP contribution < -0.4 is 4.90 Å². The maximum Gasteiger partial charge on any atom is 0.268 e. The van der Waals surface area contributed by atoms with Crippen LogP contribution in [0.1, 0.15) is 24.1 Å². The van der Waals surface area contributed by atoms with Gasteiger partial charge >= 0.3 is 0 Å². The van der Waals surface area contributed by atoms with Crippen LogP contribution in [0.15, 0.2) is 65.7 Å². The number of pyridine rings is 1. The number of nitrogens with zero attached hydrogens (tertiary/aromatic N) is 6. The highest BCUT2D eigenvalue weighted by molar-refractivity contribution is 7.90. The molecule has 206 valence electrons. The Balaban J connectivity index is 1.56. The number of aryl methyl sites for hydroxylation is 3. The fourth-order valence-corrected chi connectivity index (χ4v) is 6.59. The third-order valence-corrected chi connectivity index (χ3v) is 9.00. The van der Waals surface area contributed by atoms with E-state index in [1.165, 1.54) is 18.3 Å². The zero-order valence-electron chi connectivity index (χ0n) is 22.7. The third-order valence-electron chi connectivity index (χ3n) is 7.29. The number of halogens is 1. The second-order valence-corrected chi connectivity index (χ2v) is 11.9. The van der Waals surface area contributed by atoms with Gasteiger partial charge in [-0.3, -0.25) is 4.57 Å². The van der Waals surface area contributed by atoms with Crippen LogP contribution in [0.5, 0.6) is 0 Å². The predicted octanol–water partition coefficient (Wildman–Crippen LogP) is 4.81. The number of morpholine rings is 1. The Morgan fingerprint density at radius 3 is 2.40 bits per heavy atom. The Morgan fingerprint density at radius 2 is 1.70 bits per heavy atom. The van der Waals surface area contributed by atoms with Crippen LogP contribution in [0.3, 0.4) is 0 Å². The van der Waals surface area contributed by atoms with E-state index in [0.717, 1.165) is 15.2 Å². The number of hydrogen-bond acceptors (Lipinski definition) is 7. The molecule has 1 aliphatic rings. The second-order valence-electron chi connectivity index (χ2n) is 10.1. The van der Waals surface area contributed by atoms with Crippen LogP contribution in [0.4, 0.5) is 10.2 Å². The van der Waals surface area contributed by atoms with E-state index < -0.39 is 15.8 Å². The molecule has 0 radical (unpaired) electrons. The van der Waals surface area contributed by atoms with Crippen molar-refractivity contribution >= 4 is 26.7 Å². The number of rotatable bonds is 5. The minimum atomic E-state index is -3.96. The summed E-state index contributed by atoms with van der Waals surface area (Å²) in [5.74, 6) is 1.55. The summed E-state index contributed by atoms with van der Waals surface area (Å²) in [4.78, 5) is 7.26. The van der Waals surface area contributed by atoms with E-state index in [-0.39, 0.29) is 16.5 Å². The topological polar surface area (TPSA) is 95.1 Å². The highest BCUT2D eigenvalue weighted by Crippen LogP contribution is 2.35. The minimum Gasteiger partial charge on any atom is -0.377 e. The van der Waals surface area contributed by atoms with E-state index in [4.69, 9.17) is 9.72 Å². The largest absolute Gasteiger partial charge is 0.377 e. The fraction of sp³-hybridized carbons (Fsp3) is 0.276. The monoisotopic (exact) mass is 560 g/mol. The van der Waals surface area contributed by atoms with Crippen molar-refractivity contribution in [1.29, 1.82) is 0 Å². The molecular weight excluding hydrogens is 531 g/mol. The lowest BCUT2D eigenvalue weighted by Crippen LogP contribution is -2.44. The van der Waals surface area contributed by atoms with Crippen molar-refractivity contribution in [2.45, 2.75) is 38.6 Å². The lowest BCUT2D eigenvalue weighted by molar-refractivity contribution is 0.0985. The molecule has 3 aromatic heterocycles. The molecule has 0 unspecified atom stereocenters. The molecule has 11 heteroatoms. The molecule has 2 aromatic carbocycles.